The van der Waals surface area contributed by atoms with Gasteiger partial charge in [-0.15, -0.1) is 11.8 Å². The van der Waals surface area contributed by atoms with Crippen molar-refractivity contribution in [1.29, 1.82) is 0 Å². The van der Waals surface area contributed by atoms with E-state index in [1.165, 1.54) is 16.7 Å². The van der Waals surface area contributed by atoms with Crippen molar-refractivity contribution in [2.24, 2.45) is 5.73 Å². The highest BCUT2D eigenvalue weighted by Crippen LogP contribution is 2.34. The summed E-state index contributed by atoms with van der Waals surface area (Å²) in [6.07, 6.45) is -0.562. The van der Waals surface area contributed by atoms with Crippen LogP contribution in [-0.2, 0) is 9.53 Å². The zero-order valence-corrected chi connectivity index (χ0v) is 18.0. The summed E-state index contributed by atoms with van der Waals surface area (Å²) in [4.78, 5) is 38.5. The quantitative estimate of drug-likeness (QED) is 0.709. The number of nitrogens with zero attached hydrogens (tertiary/aromatic N) is 1. The van der Waals surface area contributed by atoms with Gasteiger partial charge in [-0.3, -0.25) is 14.5 Å². The van der Waals surface area contributed by atoms with Gasteiger partial charge < -0.3 is 20.2 Å². The molecule has 3 amide bonds. The summed E-state index contributed by atoms with van der Waals surface area (Å²) in [7, 11) is 0. The number of thioether (sulfide) groups is 1. The van der Waals surface area contributed by atoms with Gasteiger partial charge in [0.25, 0.3) is 5.91 Å². The first-order chi connectivity index (χ1) is 13.1. The molecule has 2 heterocycles. The zero-order valence-electron chi connectivity index (χ0n) is 15.6. The van der Waals surface area contributed by atoms with E-state index in [1.54, 1.807) is 39.0 Å². The van der Waals surface area contributed by atoms with Crippen molar-refractivity contribution in [3.63, 3.8) is 0 Å². The van der Waals surface area contributed by atoms with Crippen molar-refractivity contribution >= 4 is 62.3 Å². The van der Waals surface area contributed by atoms with Gasteiger partial charge in [0.15, 0.2) is 0 Å². The van der Waals surface area contributed by atoms with Gasteiger partial charge in [0.2, 0.25) is 11.7 Å². The molecule has 0 saturated carbocycles. The number of ether oxygens (including phenoxy) is 1. The molecule has 0 spiro atoms. The molecule has 28 heavy (non-hydrogen) atoms. The highest BCUT2D eigenvalue weighted by molar-refractivity contribution is 9.10. The molecule has 1 fully saturated rings. The molecular weight excluding hydrogens is 450 g/mol. The Morgan fingerprint density at radius 2 is 2.07 bits per heavy atom. The first-order valence-electron chi connectivity index (χ1n) is 8.47. The molecule has 1 aliphatic rings. The van der Waals surface area contributed by atoms with Gasteiger partial charge in [-0.2, -0.15) is 0 Å². The van der Waals surface area contributed by atoms with E-state index >= 15 is 0 Å². The van der Waals surface area contributed by atoms with Crippen LogP contribution in [0, 0.1) is 0 Å². The van der Waals surface area contributed by atoms with Gasteiger partial charge in [0, 0.05) is 15.6 Å². The maximum absolute atomic E-state index is 12.9. The zero-order chi connectivity index (χ0) is 20.6. The van der Waals surface area contributed by atoms with E-state index in [0.717, 1.165) is 4.47 Å². The minimum Gasteiger partial charge on any atom is -0.449 e. The number of halogens is 1. The van der Waals surface area contributed by atoms with E-state index in [9.17, 15) is 14.4 Å². The predicted octanol–water partition coefficient (Wildman–Crippen LogP) is 3.54. The lowest BCUT2D eigenvalue weighted by molar-refractivity contribution is -0.120. The highest BCUT2D eigenvalue weighted by Gasteiger charge is 2.38. The van der Waals surface area contributed by atoms with Crippen LogP contribution >= 0.6 is 27.7 Å². The number of anilines is 1. The van der Waals surface area contributed by atoms with Crippen molar-refractivity contribution in [3.8, 4) is 0 Å². The van der Waals surface area contributed by atoms with E-state index in [1.807, 2.05) is 0 Å². The lowest BCUT2D eigenvalue weighted by Gasteiger charge is -2.27. The normalized spacial score (nSPS) is 17.0. The van der Waals surface area contributed by atoms with Crippen LogP contribution in [-0.4, -0.2) is 46.1 Å². The average molecular weight is 470 g/mol. The van der Waals surface area contributed by atoms with Gasteiger partial charge in [0.05, 0.1) is 5.88 Å². The number of nitrogens with one attached hydrogen (secondary N) is 1. The molecule has 1 atom stereocenters. The molecule has 1 aromatic carbocycles. The fourth-order valence-electron chi connectivity index (χ4n) is 2.73. The van der Waals surface area contributed by atoms with Crippen molar-refractivity contribution in [1.82, 2.24) is 4.90 Å². The van der Waals surface area contributed by atoms with Crippen LogP contribution in [0.3, 0.4) is 0 Å². The van der Waals surface area contributed by atoms with E-state index in [0.29, 0.717) is 22.6 Å². The number of hydrogen-bond acceptors (Lipinski definition) is 6. The van der Waals surface area contributed by atoms with Gasteiger partial charge in [-0.1, -0.05) is 15.9 Å². The number of hydrogen-bond donors (Lipinski definition) is 2. The molecule has 3 N–H and O–H groups in total. The third-order valence-corrected chi connectivity index (χ3v) is 5.44. The summed E-state index contributed by atoms with van der Waals surface area (Å²) in [5.74, 6) is -0.631. The molecule has 0 unspecified atom stereocenters. The summed E-state index contributed by atoms with van der Waals surface area (Å²) in [5.41, 5.74) is 5.34. The lowest BCUT2D eigenvalue weighted by Crippen LogP contribution is -2.46. The highest BCUT2D eigenvalue weighted by atomic mass is 79.9. The predicted molar refractivity (Wildman–Crippen MR) is 110 cm³/mol. The lowest BCUT2D eigenvalue weighted by atomic mass is 10.2. The number of furan rings is 1. The van der Waals surface area contributed by atoms with E-state index in [-0.39, 0.29) is 11.4 Å². The molecule has 1 aliphatic heterocycles. The Balaban J connectivity index is 1.88. The Bertz CT molecular complexity index is 953. The van der Waals surface area contributed by atoms with Crippen LogP contribution in [0.5, 0.6) is 0 Å². The number of carbonyl (C=O) groups excluding carboxylic acids is 3. The van der Waals surface area contributed by atoms with Crippen molar-refractivity contribution in [2.45, 2.75) is 32.4 Å². The molecule has 1 aromatic heterocycles. The van der Waals surface area contributed by atoms with Gasteiger partial charge in [-0.05, 0) is 39.0 Å². The fraction of sp³-hybridized carbons (Fsp3) is 0.389. The van der Waals surface area contributed by atoms with Gasteiger partial charge in [-0.25, -0.2) is 4.79 Å². The van der Waals surface area contributed by atoms with E-state index in [2.05, 4.69) is 21.2 Å². The fourth-order valence-corrected chi connectivity index (χ4v) is 4.24. The largest absolute Gasteiger partial charge is 0.449 e. The topological polar surface area (TPSA) is 115 Å². The minimum atomic E-state index is -0.799. The average Bonchev–Trinajstić information content (AvgIpc) is 3.18. The van der Waals surface area contributed by atoms with Gasteiger partial charge in [0.1, 0.15) is 22.9 Å². The van der Waals surface area contributed by atoms with Crippen molar-refractivity contribution < 1.29 is 23.5 Å². The van der Waals surface area contributed by atoms with E-state index < -0.39 is 29.6 Å². The molecule has 3 rings (SSSR count). The summed E-state index contributed by atoms with van der Waals surface area (Å²) in [6, 6.07) is 4.40. The summed E-state index contributed by atoms with van der Waals surface area (Å²) in [5, 5.41) is 3.25. The molecule has 2 aromatic rings. The third kappa shape index (κ3) is 4.27. The Kier molecular flexibility index (Phi) is 5.62. The second kappa shape index (κ2) is 7.67. The Hall–Kier alpha value is -2.20. The molecule has 1 saturated heterocycles. The maximum atomic E-state index is 12.9. The molecular formula is C18H20BrN3O5S. The van der Waals surface area contributed by atoms with Gasteiger partial charge >= 0.3 is 6.09 Å². The number of amides is 3. The molecule has 8 nitrogen and oxygen atoms in total. The number of nitrogens with two attached hydrogens (primary N) is 1. The molecule has 150 valence electrons. The smallest absolute Gasteiger partial charge is 0.411 e. The SMILES string of the molecule is CC(C)(C)OC(=O)N1CSC[C@H]1C(=O)Nc1c(C(N)=O)oc2ccc(Br)cc12. The molecule has 10 heteroatoms. The molecule has 0 radical (unpaired) electrons. The second-order valence-corrected chi connectivity index (χ2v) is 9.18. The molecule has 0 aliphatic carbocycles. The standard InChI is InChI=1S/C18H20BrN3O5S/c1-18(2,3)27-17(25)22-8-28-7-11(22)16(24)21-13-10-6-9(19)4-5-12(10)26-14(13)15(20)23/h4-6,11H,7-8H2,1-3H3,(H2,20,23)(H,21,24)/t11-/m0/s1. The van der Waals surface area contributed by atoms with Crippen LogP contribution in [0.15, 0.2) is 27.1 Å². The molecule has 0 bridgehead atoms. The van der Waals surface area contributed by atoms with Crippen LogP contribution in [0.2, 0.25) is 0 Å². The monoisotopic (exact) mass is 469 g/mol. The summed E-state index contributed by atoms with van der Waals surface area (Å²) >= 11 is 4.80. The number of primary amides is 1. The number of rotatable bonds is 3. The Morgan fingerprint density at radius 3 is 2.71 bits per heavy atom. The maximum Gasteiger partial charge on any atom is 0.411 e. The van der Waals surface area contributed by atoms with Crippen molar-refractivity contribution in [3.05, 3.63) is 28.4 Å². The number of benzene rings is 1. The first kappa shape index (κ1) is 20.5. The number of carbonyl (C=O) groups is 3. The Morgan fingerprint density at radius 1 is 1.36 bits per heavy atom. The van der Waals surface area contributed by atoms with E-state index in [4.69, 9.17) is 14.9 Å². The first-order valence-corrected chi connectivity index (χ1v) is 10.4. The third-order valence-electron chi connectivity index (χ3n) is 3.93. The number of fused-ring (bicyclic) bond motifs is 1. The second-order valence-electron chi connectivity index (χ2n) is 7.27. The van der Waals surface area contributed by atoms with Crippen LogP contribution in [0.25, 0.3) is 11.0 Å². The van der Waals surface area contributed by atoms with Crippen LogP contribution in [0.1, 0.15) is 31.3 Å². The minimum absolute atomic E-state index is 0.143. The summed E-state index contributed by atoms with van der Waals surface area (Å²) < 4.78 is 11.6. The van der Waals surface area contributed by atoms with Crippen LogP contribution in [0.4, 0.5) is 10.5 Å². The van der Waals surface area contributed by atoms with Crippen LogP contribution < -0.4 is 11.1 Å². The van der Waals surface area contributed by atoms with Crippen molar-refractivity contribution in [2.75, 3.05) is 16.9 Å². The summed E-state index contributed by atoms with van der Waals surface area (Å²) in [6.45, 7) is 5.29. The Labute approximate surface area is 174 Å².